The Balaban J connectivity index is 1.73. The minimum absolute atomic E-state index is 0.120. The fourth-order valence-electron chi connectivity index (χ4n) is 2.43. The number of hydrogen-bond acceptors (Lipinski definition) is 3. The number of carboxylic acid groups (broad SMARTS) is 1. The van der Waals surface area contributed by atoms with E-state index in [0.717, 1.165) is 0 Å². The van der Waals surface area contributed by atoms with E-state index in [1.165, 1.54) is 24.3 Å². The molecule has 0 aliphatic rings. The molecule has 26 heavy (non-hydrogen) atoms. The minimum atomic E-state index is -1.04. The summed E-state index contributed by atoms with van der Waals surface area (Å²) in [5.74, 6) is -1.55. The fraction of sp³-hybridized carbons (Fsp3) is 0. The molecule has 3 rings (SSSR count). The summed E-state index contributed by atoms with van der Waals surface area (Å²) in [6, 6.07) is 21.1. The lowest BCUT2D eigenvalue weighted by molar-refractivity contribution is 0.0696. The van der Waals surface area contributed by atoms with Gasteiger partial charge in [-0.25, -0.2) is 4.79 Å². The normalized spacial score (nSPS) is 10.2. The van der Waals surface area contributed by atoms with Crippen molar-refractivity contribution in [1.82, 2.24) is 0 Å². The van der Waals surface area contributed by atoms with E-state index >= 15 is 0 Å². The maximum Gasteiger partial charge on any atom is 0.335 e. The molecule has 0 aromatic heterocycles. The van der Waals surface area contributed by atoms with Crippen molar-refractivity contribution >= 4 is 23.3 Å². The van der Waals surface area contributed by atoms with Gasteiger partial charge in [0.05, 0.1) is 5.56 Å². The Morgan fingerprint density at radius 1 is 0.615 bits per heavy atom. The van der Waals surface area contributed by atoms with Crippen molar-refractivity contribution < 1.29 is 19.5 Å². The van der Waals surface area contributed by atoms with Crippen molar-refractivity contribution in [2.75, 3.05) is 5.32 Å². The molecular formula is C21H15NO4. The number of amides is 1. The maximum atomic E-state index is 12.5. The summed E-state index contributed by atoms with van der Waals surface area (Å²) in [5.41, 5.74) is 2.05. The third kappa shape index (κ3) is 3.84. The molecule has 0 spiro atoms. The van der Waals surface area contributed by atoms with Gasteiger partial charge in [-0.2, -0.15) is 0 Å². The highest BCUT2D eigenvalue weighted by Crippen LogP contribution is 2.14. The van der Waals surface area contributed by atoms with Crippen LogP contribution in [0.2, 0.25) is 0 Å². The van der Waals surface area contributed by atoms with Crippen LogP contribution in [0.4, 0.5) is 5.69 Å². The van der Waals surface area contributed by atoms with Crippen LogP contribution in [0.3, 0.4) is 0 Å². The lowest BCUT2D eigenvalue weighted by Crippen LogP contribution is -2.12. The van der Waals surface area contributed by atoms with Gasteiger partial charge in [0.15, 0.2) is 5.78 Å². The monoisotopic (exact) mass is 345 g/mol. The average Bonchev–Trinajstić information content (AvgIpc) is 2.68. The lowest BCUT2D eigenvalue weighted by Gasteiger charge is -2.06. The number of ketones is 1. The van der Waals surface area contributed by atoms with Crippen LogP contribution in [0, 0.1) is 0 Å². The van der Waals surface area contributed by atoms with Crippen LogP contribution >= 0.6 is 0 Å². The van der Waals surface area contributed by atoms with Gasteiger partial charge in [0.2, 0.25) is 0 Å². The molecule has 0 bridgehead atoms. The molecule has 0 saturated carbocycles. The van der Waals surface area contributed by atoms with E-state index in [-0.39, 0.29) is 17.3 Å². The van der Waals surface area contributed by atoms with Crippen LogP contribution in [0.15, 0.2) is 78.9 Å². The number of anilines is 1. The standard InChI is InChI=1S/C21H15NO4/c23-19(15-8-12-17(13-9-15)21(25)26)14-6-10-16(11-7-14)20(24)22-18-4-2-1-3-5-18/h1-13H,(H,22,24)(H,25,26). The van der Waals surface area contributed by atoms with Gasteiger partial charge in [-0.3, -0.25) is 9.59 Å². The first kappa shape index (κ1) is 17.1. The Morgan fingerprint density at radius 2 is 1.08 bits per heavy atom. The zero-order valence-electron chi connectivity index (χ0n) is 13.7. The number of carbonyl (C=O) groups is 3. The zero-order valence-corrected chi connectivity index (χ0v) is 13.7. The molecule has 128 valence electrons. The lowest BCUT2D eigenvalue weighted by atomic mass is 10.0. The summed E-state index contributed by atoms with van der Waals surface area (Å²) in [4.78, 5) is 35.5. The third-order valence-corrected chi connectivity index (χ3v) is 3.83. The Kier molecular flexibility index (Phi) is 4.90. The van der Waals surface area contributed by atoms with Gasteiger partial charge in [0.1, 0.15) is 0 Å². The molecule has 0 saturated heterocycles. The second kappa shape index (κ2) is 7.44. The highest BCUT2D eigenvalue weighted by atomic mass is 16.4. The van der Waals surface area contributed by atoms with Crippen LogP contribution in [-0.4, -0.2) is 22.8 Å². The molecule has 0 aliphatic heterocycles. The second-order valence-corrected chi connectivity index (χ2v) is 5.61. The minimum Gasteiger partial charge on any atom is -0.478 e. The smallest absolute Gasteiger partial charge is 0.335 e. The maximum absolute atomic E-state index is 12.5. The SMILES string of the molecule is O=C(O)c1ccc(C(=O)c2ccc(C(=O)Nc3ccccc3)cc2)cc1. The van der Waals surface area contributed by atoms with E-state index in [2.05, 4.69) is 5.32 Å². The molecule has 3 aromatic rings. The van der Waals surface area contributed by atoms with E-state index < -0.39 is 5.97 Å². The van der Waals surface area contributed by atoms with Gasteiger partial charge in [0.25, 0.3) is 5.91 Å². The summed E-state index contributed by atoms with van der Waals surface area (Å²) in [5, 5.41) is 11.7. The molecule has 0 atom stereocenters. The average molecular weight is 345 g/mol. The van der Waals surface area contributed by atoms with Crippen LogP contribution in [0.25, 0.3) is 0 Å². The summed E-state index contributed by atoms with van der Waals surface area (Å²) >= 11 is 0. The fourth-order valence-corrected chi connectivity index (χ4v) is 2.43. The predicted octanol–water partition coefficient (Wildman–Crippen LogP) is 3.87. The van der Waals surface area contributed by atoms with Gasteiger partial charge in [0, 0.05) is 22.4 Å². The van der Waals surface area contributed by atoms with Gasteiger partial charge >= 0.3 is 5.97 Å². The molecule has 5 heteroatoms. The molecular weight excluding hydrogens is 330 g/mol. The zero-order chi connectivity index (χ0) is 18.5. The summed E-state index contributed by atoms with van der Waals surface area (Å²) in [6.07, 6.45) is 0. The summed E-state index contributed by atoms with van der Waals surface area (Å²) in [6.45, 7) is 0. The van der Waals surface area contributed by atoms with Crippen molar-refractivity contribution in [2.45, 2.75) is 0 Å². The highest BCUT2D eigenvalue weighted by molar-refractivity contribution is 6.10. The van der Waals surface area contributed by atoms with Gasteiger partial charge in [-0.05, 0) is 36.4 Å². The van der Waals surface area contributed by atoms with E-state index in [1.54, 1.807) is 36.4 Å². The Labute approximate surface area is 149 Å². The van der Waals surface area contributed by atoms with E-state index in [9.17, 15) is 14.4 Å². The first-order chi connectivity index (χ1) is 12.5. The summed E-state index contributed by atoms with van der Waals surface area (Å²) < 4.78 is 0. The van der Waals surface area contributed by atoms with Crippen molar-refractivity contribution in [2.24, 2.45) is 0 Å². The number of benzene rings is 3. The highest BCUT2D eigenvalue weighted by Gasteiger charge is 2.12. The van der Waals surface area contributed by atoms with Crippen molar-refractivity contribution in [1.29, 1.82) is 0 Å². The van der Waals surface area contributed by atoms with E-state index in [0.29, 0.717) is 22.4 Å². The molecule has 0 unspecified atom stereocenters. The predicted molar refractivity (Wildman–Crippen MR) is 97.7 cm³/mol. The van der Waals surface area contributed by atoms with Crippen molar-refractivity contribution in [3.05, 3.63) is 101 Å². The van der Waals surface area contributed by atoms with Crippen molar-refractivity contribution in [3.63, 3.8) is 0 Å². The van der Waals surface area contributed by atoms with Crippen molar-refractivity contribution in [3.8, 4) is 0 Å². The Bertz CT molecular complexity index is 946. The summed E-state index contributed by atoms with van der Waals surface area (Å²) in [7, 11) is 0. The molecule has 2 N–H and O–H groups in total. The number of carbonyl (C=O) groups excluding carboxylic acids is 2. The van der Waals surface area contributed by atoms with Gasteiger partial charge in [-0.1, -0.05) is 42.5 Å². The van der Waals surface area contributed by atoms with E-state index in [1.807, 2.05) is 18.2 Å². The molecule has 3 aromatic carbocycles. The Morgan fingerprint density at radius 3 is 1.58 bits per heavy atom. The number of carboxylic acids is 1. The van der Waals surface area contributed by atoms with Crippen LogP contribution in [0.1, 0.15) is 36.6 Å². The molecule has 5 nitrogen and oxygen atoms in total. The first-order valence-corrected chi connectivity index (χ1v) is 7.89. The van der Waals surface area contributed by atoms with Gasteiger partial charge < -0.3 is 10.4 Å². The quantitative estimate of drug-likeness (QED) is 0.688. The van der Waals surface area contributed by atoms with Crippen LogP contribution in [0.5, 0.6) is 0 Å². The van der Waals surface area contributed by atoms with Crippen LogP contribution < -0.4 is 5.32 Å². The van der Waals surface area contributed by atoms with Crippen LogP contribution in [-0.2, 0) is 0 Å². The molecule has 0 fully saturated rings. The largest absolute Gasteiger partial charge is 0.478 e. The topological polar surface area (TPSA) is 83.5 Å². The second-order valence-electron chi connectivity index (χ2n) is 5.61. The number of rotatable bonds is 5. The van der Waals surface area contributed by atoms with E-state index in [4.69, 9.17) is 5.11 Å². The third-order valence-electron chi connectivity index (χ3n) is 3.83. The Hall–Kier alpha value is -3.73. The van der Waals surface area contributed by atoms with Gasteiger partial charge in [-0.15, -0.1) is 0 Å². The molecule has 0 heterocycles. The first-order valence-electron chi connectivity index (χ1n) is 7.89. The molecule has 1 amide bonds. The molecule has 0 aliphatic carbocycles. The molecule has 0 radical (unpaired) electrons. The number of para-hydroxylation sites is 1. The number of aromatic carboxylic acids is 1. The number of nitrogens with one attached hydrogen (secondary N) is 1. The number of hydrogen-bond donors (Lipinski definition) is 2.